The van der Waals surface area contributed by atoms with Crippen molar-refractivity contribution < 1.29 is 19.2 Å². The molecule has 0 atom stereocenters. The van der Waals surface area contributed by atoms with E-state index in [1.54, 1.807) is 37.3 Å². The van der Waals surface area contributed by atoms with E-state index in [2.05, 4.69) is 15.8 Å². The summed E-state index contributed by atoms with van der Waals surface area (Å²) in [6, 6.07) is 16.0. The molecule has 158 valence electrons. The van der Waals surface area contributed by atoms with E-state index in [4.69, 9.17) is 4.74 Å². The third-order valence-corrected chi connectivity index (χ3v) is 5.05. The van der Waals surface area contributed by atoms with Gasteiger partial charge in [0.1, 0.15) is 0 Å². The predicted molar refractivity (Wildman–Crippen MR) is 118 cm³/mol. The Balaban J connectivity index is 1.65. The van der Waals surface area contributed by atoms with Crippen LogP contribution in [0.15, 0.2) is 71.1 Å². The Labute approximate surface area is 181 Å². The summed E-state index contributed by atoms with van der Waals surface area (Å²) in [4.78, 5) is 36.2. The molecule has 2 amide bonds. The Morgan fingerprint density at radius 2 is 1.84 bits per heavy atom. The van der Waals surface area contributed by atoms with Crippen molar-refractivity contribution in [3.8, 4) is 5.75 Å². The largest absolute Gasteiger partial charge is 0.477 e. The van der Waals surface area contributed by atoms with Gasteiger partial charge in [0.15, 0.2) is 12.4 Å². The number of thiophene rings is 1. The Morgan fingerprint density at radius 1 is 1.10 bits per heavy atom. The van der Waals surface area contributed by atoms with Gasteiger partial charge in [0.25, 0.3) is 11.8 Å². The van der Waals surface area contributed by atoms with Gasteiger partial charge >= 0.3 is 5.69 Å². The van der Waals surface area contributed by atoms with Crippen molar-refractivity contribution in [3.63, 3.8) is 0 Å². The van der Waals surface area contributed by atoms with E-state index in [1.807, 2.05) is 17.5 Å². The van der Waals surface area contributed by atoms with Gasteiger partial charge in [0, 0.05) is 10.9 Å². The molecule has 0 spiro atoms. The second-order valence-electron chi connectivity index (χ2n) is 6.22. The van der Waals surface area contributed by atoms with Crippen molar-refractivity contribution in [1.29, 1.82) is 0 Å². The van der Waals surface area contributed by atoms with Gasteiger partial charge < -0.3 is 10.1 Å². The van der Waals surface area contributed by atoms with Crippen LogP contribution >= 0.6 is 11.3 Å². The number of hydrogen-bond donors (Lipinski definition) is 2. The van der Waals surface area contributed by atoms with Gasteiger partial charge in [-0.3, -0.25) is 19.7 Å². The maximum Gasteiger partial charge on any atom is 0.310 e. The van der Waals surface area contributed by atoms with Crippen molar-refractivity contribution in [2.24, 2.45) is 5.10 Å². The highest BCUT2D eigenvalue weighted by Crippen LogP contribution is 2.25. The topological polar surface area (TPSA) is 123 Å². The Morgan fingerprint density at radius 3 is 2.58 bits per heavy atom. The first-order valence-corrected chi connectivity index (χ1v) is 9.97. The average molecular weight is 438 g/mol. The zero-order valence-electron chi connectivity index (χ0n) is 16.4. The fraction of sp³-hybridized carbons (Fsp3) is 0.0952. The van der Waals surface area contributed by atoms with Gasteiger partial charge in [0.05, 0.1) is 21.9 Å². The van der Waals surface area contributed by atoms with E-state index in [1.165, 1.54) is 29.5 Å². The summed E-state index contributed by atoms with van der Waals surface area (Å²) in [5.41, 5.74) is 3.37. The lowest BCUT2D eigenvalue weighted by Crippen LogP contribution is -2.24. The predicted octanol–water partition coefficient (Wildman–Crippen LogP) is 3.83. The van der Waals surface area contributed by atoms with Crippen LogP contribution in [0.1, 0.15) is 22.2 Å². The molecule has 0 bridgehead atoms. The summed E-state index contributed by atoms with van der Waals surface area (Å²) < 4.78 is 5.28. The zero-order valence-corrected chi connectivity index (χ0v) is 17.2. The van der Waals surface area contributed by atoms with Gasteiger partial charge in [-0.25, -0.2) is 5.43 Å². The Kier molecular flexibility index (Phi) is 7.07. The third kappa shape index (κ3) is 5.73. The molecule has 10 heteroatoms. The number of nitrogens with one attached hydrogen (secondary N) is 2. The van der Waals surface area contributed by atoms with Crippen LogP contribution in [0.5, 0.6) is 5.75 Å². The lowest BCUT2D eigenvalue weighted by Gasteiger charge is -2.11. The minimum Gasteiger partial charge on any atom is -0.477 e. The quantitative estimate of drug-likeness (QED) is 0.314. The van der Waals surface area contributed by atoms with E-state index in [-0.39, 0.29) is 22.7 Å². The van der Waals surface area contributed by atoms with Crippen LogP contribution in [0, 0.1) is 10.1 Å². The third-order valence-electron chi connectivity index (χ3n) is 4.07. The Bertz CT molecular complexity index is 1130. The number of benzene rings is 2. The highest BCUT2D eigenvalue weighted by Gasteiger charge is 2.17. The number of amides is 2. The number of nitrogens with zero attached hydrogens (tertiary/aromatic N) is 2. The molecule has 2 N–H and O–H groups in total. The molecule has 0 unspecified atom stereocenters. The number of hydrogen-bond acceptors (Lipinski definition) is 7. The molecule has 1 heterocycles. The highest BCUT2D eigenvalue weighted by molar-refractivity contribution is 7.12. The summed E-state index contributed by atoms with van der Waals surface area (Å²) in [6.45, 7) is 1.32. The maximum atomic E-state index is 12.5. The SMILES string of the molecule is CC(=NNC(=O)c1ccccc1NC(=O)COc1ccccc1[N+](=O)[O-])c1cccs1. The van der Waals surface area contributed by atoms with Crippen molar-refractivity contribution in [2.75, 3.05) is 11.9 Å². The molecule has 31 heavy (non-hydrogen) atoms. The van der Waals surface area contributed by atoms with Crippen LogP contribution in [0.3, 0.4) is 0 Å². The van der Waals surface area contributed by atoms with E-state index in [0.29, 0.717) is 5.71 Å². The van der Waals surface area contributed by atoms with E-state index in [0.717, 1.165) is 4.88 Å². The van der Waals surface area contributed by atoms with E-state index < -0.39 is 23.3 Å². The van der Waals surface area contributed by atoms with Crippen LogP contribution in [-0.2, 0) is 4.79 Å². The van der Waals surface area contributed by atoms with Gasteiger partial charge in [-0.1, -0.05) is 30.3 Å². The summed E-state index contributed by atoms with van der Waals surface area (Å²) in [5, 5.41) is 19.6. The van der Waals surface area contributed by atoms with Crippen molar-refractivity contribution in [1.82, 2.24) is 5.43 Å². The molecule has 9 nitrogen and oxygen atoms in total. The number of carbonyl (C=O) groups is 2. The molecule has 0 fully saturated rings. The molecule has 0 saturated carbocycles. The molecule has 0 aliphatic carbocycles. The van der Waals surface area contributed by atoms with E-state index in [9.17, 15) is 19.7 Å². The summed E-state index contributed by atoms with van der Waals surface area (Å²) in [5.74, 6) is -1.09. The van der Waals surface area contributed by atoms with Crippen molar-refractivity contribution in [2.45, 2.75) is 6.92 Å². The molecular formula is C21H18N4O5S. The molecule has 3 aromatic rings. The number of carbonyl (C=O) groups excluding carboxylic acids is 2. The van der Waals surface area contributed by atoms with Gasteiger partial charge in [-0.2, -0.15) is 5.10 Å². The first kappa shape index (κ1) is 21.7. The standard InChI is InChI=1S/C21H18N4O5S/c1-14(19-11-6-12-31-19)23-24-21(27)15-7-2-3-8-16(15)22-20(26)13-30-18-10-5-4-9-17(18)25(28)29/h2-12H,13H2,1H3,(H,22,26)(H,24,27). The van der Waals surface area contributed by atoms with Gasteiger partial charge in [-0.15, -0.1) is 11.3 Å². The minimum absolute atomic E-state index is 0.0212. The Hall–Kier alpha value is -4.05. The molecule has 0 saturated heterocycles. The normalized spacial score (nSPS) is 10.9. The lowest BCUT2D eigenvalue weighted by atomic mass is 10.1. The molecule has 0 aliphatic heterocycles. The summed E-state index contributed by atoms with van der Waals surface area (Å²) in [7, 11) is 0. The second kappa shape index (κ2) is 10.1. The van der Waals surface area contributed by atoms with Crippen LogP contribution in [-0.4, -0.2) is 29.1 Å². The fourth-order valence-corrected chi connectivity index (χ4v) is 3.26. The lowest BCUT2D eigenvalue weighted by molar-refractivity contribution is -0.385. The smallest absolute Gasteiger partial charge is 0.310 e. The van der Waals surface area contributed by atoms with Crippen LogP contribution in [0.25, 0.3) is 0 Å². The number of para-hydroxylation sites is 3. The highest BCUT2D eigenvalue weighted by atomic mass is 32.1. The van der Waals surface area contributed by atoms with E-state index >= 15 is 0 Å². The summed E-state index contributed by atoms with van der Waals surface area (Å²) in [6.07, 6.45) is 0. The first-order valence-electron chi connectivity index (χ1n) is 9.09. The number of rotatable bonds is 8. The van der Waals surface area contributed by atoms with Crippen LogP contribution in [0.2, 0.25) is 0 Å². The first-order chi connectivity index (χ1) is 15.0. The van der Waals surface area contributed by atoms with Crippen LogP contribution < -0.4 is 15.5 Å². The molecule has 3 rings (SSSR count). The molecule has 1 aromatic heterocycles. The van der Waals surface area contributed by atoms with Crippen LogP contribution in [0.4, 0.5) is 11.4 Å². The monoisotopic (exact) mass is 438 g/mol. The zero-order chi connectivity index (χ0) is 22.2. The average Bonchev–Trinajstić information content (AvgIpc) is 3.31. The molecule has 0 aliphatic rings. The number of ether oxygens (including phenoxy) is 1. The van der Waals surface area contributed by atoms with Gasteiger partial charge in [0.2, 0.25) is 0 Å². The maximum absolute atomic E-state index is 12.5. The second-order valence-corrected chi connectivity index (χ2v) is 7.17. The van der Waals surface area contributed by atoms with Crippen molar-refractivity contribution in [3.05, 3.63) is 86.6 Å². The molecule has 2 aromatic carbocycles. The minimum atomic E-state index is -0.592. The number of nitro groups is 1. The number of anilines is 1. The number of nitro benzene ring substituents is 1. The number of hydrazone groups is 1. The molecule has 0 radical (unpaired) electrons. The fourth-order valence-electron chi connectivity index (χ4n) is 2.58. The van der Waals surface area contributed by atoms with Gasteiger partial charge in [-0.05, 0) is 36.6 Å². The molecular weight excluding hydrogens is 420 g/mol. The summed E-state index contributed by atoms with van der Waals surface area (Å²) >= 11 is 1.50. The van der Waals surface area contributed by atoms with Crippen molar-refractivity contribution >= 4 is 40.2 Å².